The molecule has 2 atom stereocenters. The number of nitrogens with one attached hydrogen (secondary N) is 1. The van der Waals surface area contributed by atoms with E-state index >= 15 is 0 Å². The van der Waals surface area contributed by atoms with E-state index in [4.69, 9.17) is 14.2 Å². The van der Waals surface area contributed by atoms with Crippen LogP contribution >= 0.6 is 0 Å². The number of halogens is 2. The number of pyridine rings is 2. The molecule has 47 heavy (non-hydrogen) atoms. The van der Waals surface area contributed by atoms with Crippen LogP contribution in [0.1, 0.15) is 18.9 Å². The van der Waals surface area contributed by atoms with Gasteiger partial charge < -0.3 is 34.4 Å². The Morgan fingerprint density at radius 3 is 2.60 bits per heavy atom. The summed E-state index contributed by atoms with van der Waals surface area (Å²) < 4.78 is 46.2. The lowest BCUT2D eigenvalue weighted by Crippen LogP contribution is -2.56. The number of aromatic nitrogens is 4. The van der Waals surface area contributed by atoms with Crippen LogP contribution in [0.25, 0.3) is 11.3 Å². The van der Waals surface area contributed by atoms with E-state index in [1.807, 2.05) is 18.2 Å². The predicted molar refractivity (Wildman–Crippen MR) is 165 cm³/mol. The van der Waals surface area contributed by atoms with Gasteiger partial charge in [-0.05, 0) is 31.2 Å². The van der Waals surface area contributed by atoms with Crippen LogP contribution in [0.2, 0.25) is 0 Å². The number of hydrogen-bond donors (Lipinski definition) is 2. The fraction of sp³-hybridized carbons (Fsp3) is 0.484. The molecule has 0 radical (unpaired) electrons. The number of nitrogens with zero attached hydrogens (tertiary/aromatic N) is 8. The van der Waals surface area contributed by atoms with Crippen molar-refractivity contribution in [3.63, 3.8) is 0 Å². The van der Waals surface area contributed by atoms with Gasteiger partial charge in [-0.2, -0.15) is 10.2 Å². The minimum atomic E-state index is -3.42. The molecular formula is C31H35F2N9O5. The number of anilines is 3. The Balaban J connectivity index is 1.12. The van der Waals surface area contributed by atoms with Gasteiger partial charge in [-0.15, -0.1) is 0 Å². The van der Waals surface area contributed by atoms with Crippen LogP contribution in [0.3, 0.4) is 0 Å². The van der Waals surface area contributed by atoms with Crippen molar-refractivity contribution in [3.05, 3.63) is 42.2 Å². The van der Waals surface area contributed by atoms with Crippen molar-refractivity contribution in [2.24, 2.45) is 0 Å². The van der Waals surface area contributed by atoms with E-state index < -0.39 is 30.6 Å². The van der Waals surface area contributed by atoms with Gasteiger partial charge in [-0.25, -0.2) is 23.7 Å². The van der Waals surface area contributed by atoms with Gasteiger partial charge in [-0.1, -0.05) is 0 Å². The first-order valence-electron chi connectivity index (χ1n) is 15.3. The largest absolute Gasteiger partial charge is 0.479 e. The summed E-state index contributed by atoms with van der Waals surface area (Å²) in [7, 11) is 1.57. The molecule has 16 heteroatoms. The molecule has 3 aromatic rings. The summed E-state index contributed by atoms with van der Waals surface area (Å²) in [6, 6.07) is 9.30. The smallest absolute Gasteiger partial charge is 0.301 e. The summed E-state index contributed by atoms with van der Waals surface area (Å²) in [5.74, 6) is -3.28. The normalized spacial score (nSPS) is 20.6. The molecule has 3 fully saturated rings. The second-order valence-electron chi connectivity index (χ2n) is 11.6. The summed E-state index contributed by atoms with van der Waals surface area (Å²) in [4.78, 5) is 35.2. The Kier molecular flexibility index (Phi) is 9.30. The van der Waals surface area contributed by atoms with Crippen LogP contribution in [0.5, 0.6) is 11.8 Å². The molecule has 3 aliphatic heterocycles. The van der Waals surface area contributed by atoms with Crippen molar-refractivity contribution in [2.45, 2.75) is 37.5 Å². The number of amides is 1. The van der Waals surface area contributed by atoms with Crippen LogP contribution in [0, 0.1) is 11.3 Å². The fourth-order valence-electron chi connectivity index (χ4n) is 5.77. The summed E-state index contributed by atoms with van der Waals surface area (Å²) in [5.41, 5.74) is 1.70. The second kappa shape index (κ2) is 13.6. The number of piperazine rings is 1. The highest BCUT2D eigenvalue weighted by Gasteiger charge is 2.48. The third-order valence-corrected chi connectivity index (χ3v) is 8.45. The average molecular weight is 652 g/mol. The minimum absolute atomic E-state index is 0.0301. The lowest BCUT2D eigenvalue weighted by molar-refractivity contribution is -0.165. The highest BCUT2D eigenvalue weighted by molar-refractivity contribution is 5.80. The lowest BCUT2D eigenvalue weighted by atomic mass is 10.0. The summed E-state index contributed by atoms with van der Waals surface area (Å²) in [6.45, 7) is 5.45. The van der Waals surface area contributed by atoms with E-state index in [1.54, 1.807) is 13.2 Å². The van der Waals surface area contributed by atoms with E-state index in [9.17, 15) is 23.9 Å². The molecule has 0 aliphatic carbocycles. The van der Waals surface area contributed by atoms with Crippen LogP contribution < -0.4 is 19.7 Å². The Morgan fingerprint density at radius 1 is 1.15 bits per heavy atom. The van der Waals surface area contributed by atoms with Gasteiger partial charge in [0.25, 0.3) is 5.91 Å². The first kappa shape index (κ1) is 32.2. The number of nitriles is 1. The molecule has 3 aromatic heterocycles. The molecule has 0 aromatic carbocycles. The SMILES string of the molecule is COc1nc(Nc2nccc(-c3cnc(OC4CCN(C(=O)[C@H](C)O)CC4(F)F)c(C#N)c3)n2)ccc1N1CCN(C2COC2)CC1. The number of aliphatic hydroxyl groups excluding tert-OH is 1. The molecule has 0 spiro atoms. The summed E-state index contributed by atoms with van der Waals surface area (Å²) in [6.07, 6.45) is -0.288. The maximum Gasteiger partial charge on any atom is 0.301 e. The van der Waals surface area contributed by atoms with Gasteiger partial charge in [0.2, 0.25) is 17.7 Å². The van der Waals surface area contributed by atoms with Crippen molar-refractivity contribution in [2.75, 3.05) is 69.8 Å². The van der Waals surface area contributed by atoms with Gasteiger partial charge >= 0.3 is 5.92 Å². The third-order valence-electron chi connectivity index (χ3n) is 8.45. The maximum atomic E-state index is 14.9. The van der Waals surface area contributed by atoms with E-state index in [2.05, 4.69) is 35.1 Å². The van der Waals surface area contributed by atoms with Crippen molar-refractivity contribution in [1.29, 1.82) is 5.26 Å². The predicted octanol–water partition coefficient (Wildman–Crippen LogP) is 2.07. The molecular weight excluding hydrogens is 616 g/mol. The molecule has 6 heterocycles. The molecule has 14 nitrogen and oxygen atoms in total. The Morgan fingerprint density at radius 2 is 1.94 bits per heavy atom. The van der Waals surface area contributed by atoms with Crippen molar-refractivity contribution < 1.29 is 32.9 Å². The van der Waals surface area contributed by atoms with Crippen LogP contribution in [-0.2, 0) is 9.53 Å². The van der Waals surface area contributed by atoms with Gasteiger partial charge in [0.15, 0.2) is 6.10 Å². The summed E-state index contributed by atoms with van der Waals surface area (Å²) in [5, 5.41) is 22.4. The number of carbonyl (C=O) groups excluding carboxylic acids is 1. The number of ether oxygens (including phenoxy) is 3. The number of alkyl halides is 2. The Hall–Kier alpha value is -4.72. The van der Waals surface area contributed by atoms with E-state index in [1.165, 1.54) is 25.4 Å². The van der Waals surface area contributed by atoms with Gasteiger partial charge in [0, 0.05) is 57.1 Å². The van der Waals surface area contributed by atoms with Crippen molar-refractivity contribution in [1.82, 2.24) is 29.7 Å². The zero-order valence-corrected chi connectivity index (χ0v) is 26.0. The molecule has 3 aliphatic rings. The molecule has 248 valence electrons. The average Bonchev–Trinajstić information content (AvgIpc) is 3.05. The molecule has 3 saturated heterocycles. The minimum Gasteiger partial charge on any atom is -0.479 e. The summed E-state index contributed by atoms with van der Waals surface area (Å²) >= 11 is 0. The molecule has 0 bridgehead atoms. The molecule has 1 amide bonds. The highest BCUT2D eigenvalue weighted by Crippen LogP contribution is 2.34. The van der Waals surface area contributed by atoms with Crippen LogP contribution in [0.15, 0.2) is 36.7 Å². The lowest BCUT2D eigenvalue weighted by Gasteiger charge is -2.43. The van der Waals surface area contributed by atoms with Crippen molar-refractivity contribution in [3.8, 4) is 29.1 Å². The Bertz CT molecular complexity index is 1640. The van der Waals surface area contributed by atoms with Crippen molar-refractivity contribution >= 4 is 23.4 Å². The number of hydrogen-bond acceptors (Lipinski definition) is 13. The van der Waals surface area contributed by atoms with E-state index in [0.29, 0.717) is 29.0 Å². The third kappa shape index (κ3) is 7.02. The van der Waals surface area contributed by atoms with Crippen LogP contribution in [-0.4, -0.2) is 125 Å². The first-order chi connectivity index (χ1) is 22.6. The van der Waals surface area contributed by atoms with E-state index in [0.717, 1.165) is 50.0 Å². The zero-order chi connectivity index (χ0) is 33.1. The van der Waals surface area contributed by atoms with Crippen LogP contribution in [0.4, 0.5) is 26.2 Å². The fourth-order valence-corrected chi connectivity index (χ4v) is 5.77. The highest BCUT2D eigenvalue weighted by atomic mass is 19.3. The topological polar surface area (TPSA) is 162 Å². The number of likely N-dealkylation sites (tertiary alicyclic amines) is 1. The molecule has 1 unspecified atom stereocenters. The zero-order valence-electron chi connectivity index (χ0n) is 26.0. The molecule has 2 N–H and O–H groups in total. The van der Waals surface area contributed by atoms with Gasteiger partial charge in [-0.3, -0.25) is 9.69 Å². The number of aliphatic hydroxyl groups is 1. The quantitative estimate of drug-likeness (QED) is 0.346. The maximum absolute atomic E-state index is 14.9. The number of methoxy groups -OCH3 is 1. The monoisotopic (exact) mass is 651 g/mol. The first-order valence-corrected chi connectivity index (χ1v) is 15.3. The Labute approximate surface area is 269 Å². The number of piperidine rings is 1. The second-order valence-corrected chi connectivity index (χ2v) is 11.6. The van der Waals surface area contributed by atoms with Gasteiger partial charge in [0.1, 0.15) is 29.2 Å². The molecule has 6 rings (SSSR count). The number of rotatable bonds is 9. The van der Waals surface area contributed by atoms with E-state index in [-0.39, 0.29) is 30.4 Å². The molecule has 0 saturated carbocycles. The standard InChI is InChI=1S/C31H35F2N9O5/c1-19(43)29(44)42-8-6-25(31(32,33)18-42)47-27-20(14-34)13-21(15-36-27)23-5-7-35-30(37-23)39-26-4-3-24(28(38-26)45-2)41-11-9-40(10-12-41)22-16-46-17-22/h3-5,7,13,15,19,22,25,43H,6,8-12,16-18H2,1-2H3,(H,35,37,38,39)/t19-,25?/m0/s1. The van der Waals surface area contributed by atoms with Gasteiger partial charge in [0.05, 0.1) is 38.6 Å². The number of carbonyl (C=O) groups is 1.